The fourth-order valence-corrected chi connectivity index (χ4v) is 2.00. The van der Waals surface area contributed by atoms with Crippen LogP contribution < -0.4 is 4.74 Å². The number of benzene rings is 1. The smallest absolute Gasteiger partial charge is 0.151 e. The number of hydrogen-bond donors (Lipinski definition) is 0. The molecule has 0 atom stereocenters. The number of rotatable bonds is 3. The minimum absolute atomic E-state index is 0.604. The molecule has 0 N–H and O–H groups in total. The first-order valence-corrected chi connectivity index (χ1v) is 5.89. The van der Waals surface area contributed by atoms with E-state index in [2.05, 4.69) is 5.10 Å². The van der Waals surface area contributed by atoms with Gasteiger partial charge in [0.15, 0.2) is 6.29 Å². The number of fused-ring (bicyclic) bond motifs is 1. The fourth-order valence-electron chi connectivity index (χ4n) is 2.00. The standard InChI is InChI=1S/C15H12N2O2/c1-19-14-4-2-3-12(7-14)15-8-13-6-5-11(10-18)9-17(13)16-15/h2-10H,1H3. The molecule has 0 aliphatic carbocycles. The van der Waals surface area contributed by atoms with Gasteiger partial charge in [0.2, 0.25) is 0 Å². The predicted octanol–water partition coefficient (Wildman–Crippen LogP) is 2.82. The molecule has 3 rings (SSSR count). The van der Waals surface area contributed by atoms with Crippen LogP contribution in [-0.4, -0.2) is 23.0 Å². The molecule has 0 radical (unpaired) electrons. The Hall–Kier alpha value is -2.62. The normalized spacial score (nSPS) is 10.6. The van der Waals surface area contributed by atoms with Gasteiger partial charge in [0.1, 0.15) is 5.75 Å². The first-order chi connectivity index (χ1) is 9.30. The highest BCUT2D eigenvalue weighted by Crippen LogP contribution is 2.23. The Morgan fingerprint density at radius 2 is 2.11 bits per heavy atom. The van der Waals surface area contributed by atoms with Crippen LogP contribution in [0.5, 0.6) is 5.75 Å². The van der Waals surface area contributed by atoms with E-state index in [0.717, 1.165) is 28.8 Å². The van der Waals surface area contributed by atoms with E-state index in [9.17, 15) is 4.79 Å². The number of aromatic nitrogens is 2. The second kappa shape index (κ2) is 4.57. The molecule has 3 aromatic rings. The number of carbonyl (C=O) groups excluding carboxylic acids is 1. The van der Waals surface area contributed by atoms with E-state index >= 15 is 0 Å². The van der Waals surface area contributed by atoms with E-state index in [1.165, 1.54) is 0 Å². The Balaban J connectivity index is 2.11. The van der Waals surface area contributed by atoms with Gasteiger partial charge in [0, 0.05) is 17.3 Å². The van der Waals surface area contributed by atoms with E-state index in [-0.39, 0.29) is 0 Å². The first-order valence-electron chi connectivity index (χ1n) is 5.89. The molecule has 0 bridgehead atoms. The van der Waals surface area contributed by atoms with Crippen molar-refractivity contribution in [3.63, 3.8) is 0 Å². The van der Waals surface area contributed by atoms with Gasteiger partial charge < -0.3 is 4.74 Å². The molecule has 0 aliphatic heterocycles. The Morgan fingerprint density at radius 3 is 2.89 bits per heavy atom. The van der Waals surface area contributed by atoms with Crippen molar-refractivity contribution in [3.05, 3.63) is 54.2 Å². The lowest BCUT2D eigenvalue weighted by Crippen LogP contribution is -1.90. The number of aldehydes is 1. The van der Waals surface area contributed by atoms with Gasteiger partial charge in [-0.2, -0.15) is 5.10 Å². The second-order valence-electron chi connectivity index (χ2n) is 4.21. The number of ether oxygens (including phenoxy) is 1. The van der Waals surface area contributed by atoms with Gasteiger partial charge in [-0.15, -0.1) is 0 Å². The van der Waals surface area contributed by atoms with Crippen LogP contribution in [0.2, 0.25) is 0 Å². The molecular formula is C15H12N2O2. The van der Waals surface area contributed by atoms with E-state index in [1.807, 2.05) is 36.4 Å². The third-order valence-electron chi connectivity index (χ3n) is 2.98. The van der Waals surface area contributed by atoms with Crippen LogP contribution in [-0.2, 0) is 0 Å². The van der Waals surface area contributed by atoms with E-state index in [0.29, 0.717) is 5.56 Å². The van der Waals surface area contributed by atoms with E-state index in [1.54, 1.807) is 23.9 Å². The molecule has 0 saturated carbocycles. The highest BCUT2D eigenvalue weighted by atomic mass is 16.5. The predicted molar refractivity (Wildman–Crippen MR) is 72.6 cm³/mol. The van der Waals surface area contributed by atoms with Gasteiger partial charge in [0.25, 0.3) is 0 Å². The monoisotopic (exact) mass is 252 g/mol. The third kappa shape index (κ3) is 2.08. The zero-order valence-electron chi connectivity index (χ0n) is 10.4. The summed E-state index contributed by atoms with van der Waals surface area (Å²) in [4.78, 5) is 10.8. The van der Waals surface area contributed by atoms with Crippen molar-refractivity contribution in [2.24, 2.45) is 0 Å². The maximum atomic E-state index is 10.8. The van der Waals surface area contributed by atoms with Crippen molar-refractivity contribution < 1.29 is 9.53 Å². The molecule has 1 aromatic carbocycles. The average molecular weight is 252 g/mol. The van der Waals surface area contributed by atoms with Crippen molar-refractivity contribution in [2.75, 3.05) is 7.11 Å². The summed E-state index contributed by atoms with van der Waals surface area (Å²) in [6.45, 7) is 0. The summed E-state index contributed by atoms with van der Waals surface area (Å²) in [6.07, 6.45) is 2.53. The summed E-state index contributed by atoms with van der Waals surface area (Å²) in [7, 11) is 1.64. The lowest BCUT2D eigenvalue weighted by Gasteiger charge is -2.01. The van der Waals surface area contributed by atoms with Crippen LogP contribution in [0.15, 0.2) is 48.7 Å². The van der Waals surface area contributed by atoms with Crippen LogP contribution in [0.1, 0.15) is 10.4 Å². The number of pyridine rings is 1. The van der Waals surface area contributed by atoms with Crippen molar-refractivity contribution in [2.45, 2.75) is 0 Å². The molecule has 0 aliphatic rings. The molecule has 4 heteroatoms. The first kappa shape index (κ1) is 11.5. The lowest BCUT2D eigenvalue weighted by atomic mass is 10.1. The number of carbonyl (C=O) groups is 1. The highest BCUT2D eigenvalue weighted by molar-refractivity contribution is 5.76. The molecule has 0 saturated heterocycles. The average Bonchev–Trinajstić information content (AvgIpc) is 2.90. The molecule has 19 heavy (non-hydrogen) atoms. The van der Waals surface area contributed by atoms with Gasteiger partial charge in [-0.1, -0.05) is 12.1 Å². The summed E-state index contributed by atoms with van der Waals surface area (Å²) in [5.41, 5.74) is 3.38. The molecule has 0 unspecified atom stereocenters. The highest BCUT2D eigenvalue weighted by Gasteiger charge is 2.05. The van der Waals surface area contributed by atoms with Crippen molar-refractivity contribution in [1.29, 1.82) is 0 Å². The van der Waals surface area contributed by atoms with Gasteiger partial charge in [-0.25, -0.2) is 4.52 Å². The maximum Gasteiger partial charge on any atom is 0.151 e. The van der Waals surface area contributed by atoms with Gasteiger partial charge in [-0.05, 0) is 30.3 Å². The van der Waals surface area contributed by atoms with Crippen LogP contribution in [0, 0.1) is 0 Å². The summed E-state index contributed by atoms with van der Waals surface area (Å²) in [6, 6.07) is 13.4. The third-order valence-corrected chi connectivity index (χ3v) is 2.98. The van der Waals surface area contributed by atoms with Crippen molar-refractivity contribution >= 4 is 11.8 Å². The van der Waals surface area contributed by atoms with Crippen LogP contribution in [0.4, 0.5) is 0 Å². The van der Waals surface area contributed by atoms with Crippen molar-refractivity contribution in [3.8, 4) is 17.0 Å². The molecule has 4 nitrogen and oxygen atoms in total. The van der Waals surface area contributed by atoms with Crippen LogP contribution in [0.3, 0.4) is 0 Å². The minimum Gasteiger partial charge on any atom is -0.497 e. The molecule has 94 valence electrons. The zero-order valence-corrected chi connectivity index (χ0v) is 10.4. The SMILES string of the molecule is COc1cccc(-c2cc3ccc(C=O)cn3n2)c1. The summed E-state index contributed by atoms with van der Waals surface area (Å²) < 4.78 is 6.91. The van der Waals surface area contributed by atoms with Gasteiger partial charge in [-0.3, -0.25) is 4.79 Å². The maximum absolute atomic E-state index is 10.8. The van der Waals surface area contributed by atoms with E-state index < -0.39 is 0 Å². The Morgan fingerprint density at radius 1 is 1.21 bits per heavy atom. The molecular weight excluding hydrogens is 240 g/mol. The topological polar surface area (TPSA) is 43.6 Å². The quantitative estimate of drug-likeness (QED) is 0.673. The van der Waals surface area contributed by atoms with E-state index in [4.69, 9.17) is 4.74 Å². The van der Waals surface area contributed by atoms with Gasteiger partial charge in [0.05, 0.1) is 18.3 Å². The Labute approximate surface area is 110 Å². The van der Waals surface area contributed by atoms with Gasteiger partial charge >= 0.3 is 0 Å². The Bertz CT molecular complexity index is 747. The molecule has 2 heterocycles. The number of nitrogens with zero attached hydrogens (tertiary/aromatic N) is 2. The largest absolute Gasteiger partial charge is 0.497 e. The number of hydrogen-bond acceptors (Lipinski definition) is 3. The van der Waals surface area contributed by atoms with Crippen molar-refractivity contribution in [1.82, 2.24) is 9.61 Å². The molecule has 2 aromatic heterocycles. The second-order valence-corrected chi connectivity index (χ2v) is 4.21. The summed E-state index contributed by atoms with van der Waals surface area (Å²) in [5.74, 6) is 0.795. The molecule has 0 fully saturated rings. The fraction of sp³-hybridized carbons (Fsp3) is 0.0667. The minimum atomic E-state index is 0.604. The summed E-state index contributed by atoms with van der Waals surface area (Å²) in [5, 5.41) is 4.47. The zero-order chi connectivity index (χ0) is 13.2. The molecule has 0 amide bonds. The van der Waals surface area contributed by atoms with Crippen LogP contribution in [0.25, 0.3) is 16.8 Å². The Kier molecular flexibility index (Phi) is 2.76. The summed E-state index contributed by atoms with van der Waals surface area (Å²) >= 11 is 0. The van der Waals surface area contributed by atoms with Crippen LogP contribution >= 0.6 is 0 Å². The lowest BCUT2D eigenvalue weighted by molar-refractivity contribution is 0.112. The molecule has 0 spiro atoms. The number of methoxy groups -OCH3 is 1.